The molecule has 2 heterocycles. The lowest BCUT2D eigenvalue weighted by Gasteiger charge is -2.29. The zero-order valence-electron chi connectivity index (χ0n) is 11.0. The van der Waals surface area contributed by atoms with E-state index in [2.05, 4.69) is 17.0 Å². The van der Waals surface area contributed by atoms with Gasteiger partial charge in [0, 0.05) is 37.4 Å². The van der Waals surface area contributed by atoms with E-state index in [9.17, 15) is 4.79 Å². The number of hydrogen-bond acceptors (Lipinski definition) is 2. The first-order valence-corrected chi connectivity index (χ1v) is 7.47. The smallest absolute Gasteiger partial charge is 0.228 e. The number of anilines is 2. The number of piperidine rings is 1. The van der Waals surface area contributed by atoms with Crippen LogP contribution in [0.3, 0.4) is 0 Å². The molecule has 1 atom stereocenters. The van der Waals surface area contributed by atoms with Gasteiger partial charge in [-0.2, -0.15) is 0 Å². The number of carbonyl (C=O) groups excluding carboxylic acids is 1. The third-order valence-corrected chi connectivity index (χ3v) is 4.23. The van der Waals surface area contributed by atoms with Gasteiger partial charge < -0.3 is 9.80 Å². The fraction of sp³-hybridized carbons (Fsp3) is 0.533. The second-order valence-corrected chi connectivity index (χ2v) is 5.99. The molecule has 2 fully saturated rings. The van der Waals surface area contributed by atoms with E-state index >= 15 is 0 Å². The van der Waals surface area contributed by atoms with E-state index in [1.165, 1.54) is 24.9 Å². The predicted octanol–water partition coefficient (Wildman–Crippen LogP) is 3.02. The van der Waals surface area contributed by atoms with Crippen LogP contribution >= 0.6 is 11.6 Å². The van der Waals surface area contributed by atoms with Crippen LogP contribution in [-0.4, -0.2) is 30.9 Å². The number of benzene rings is 1. The van der Waals surface area contributed by atoms with Gasteiger partial charge in [0.25, 0.3) is 0 Å². The Morgan fingerprint density at radius 3 is 2.53 bits per heavy atom. The number of amides is 1. The molecule has 2 saturated heterocycles. The first kappa shape index (κ1) is 12.8. The fourth-order valence-electron chi connectivity index (χ4n) is 2.92. The molecule has 0 bridgehead atoms. The summed E-state index contributed by atoms with van der Waals surface area (Å²) in [6.07, 6.45) is 4.30. The SMILES string of the molecule is O=C1CC(Cl)CN1c1cccc(N2CCCCC2)c1. The number of nitrogens with zero attached hydrogens (tertiary/aromatic N) is 2. The van der Waals surface area contributed by atoms with E-state index in [0.717, 1.165) is 18.8 Å². The quantitative estimate of drug-likeness (QED) is 0.777. The average Bonchev–Trinajstić information content (AvgIpc) is 2.79. The maximum atomic E-state index is 11.9. The largest absolute Gasteiger partial charge is 0.371 e. The van der Waals surface area contributed by atoms with Crippen LogP contribution in [0.25, 0.3) is 0 Å². The summed E-state index contributed by atoms with van der Waals surface area (Å²) in [5.74, 6) is 0.135. The monoisotopic (exact) mass is 278 g/mol. The summed E-state index contributed by atoms with van der Waals surface area (Å²) in [7, 11) is 0. The Morgan fingerprint density at radius 1 is 1.11 bits per heavy atom. The zero-order chi connectivity index (χ0) is 13.2. The number of hydrogen-bond donors (Lipinski definition) is 0. The molecule has 102 valence electrons. The molecular weight excluding hydrogens is 260 g/mol. The maximum Gasteiger partial charge on any atom is 0.228 e. The molecule has 0 aliphatic carbocycles. The van der Waals surface area contributed by atoms with Crippen molar-refractivity contribution in [3.63, 3.8) is 0 Å². The van der Waals surface area contributed by atoms with Crippen molar-refractivity contribution in [1.82, 2.24) is 0 Å². The maximum absolute atomic E-state index is 11.9. The molecule has 1 aromatic carbocycles. The van der Waals surface area contributed by atoms with E-state index in [4.69, 9.17) is 11.6 Å². The zero-order valence-corrected chi connectivity index (χ0v) is 11.8. The Bertz CT molecular complexity index is 471. The summed E-state index contributed by atoms with van der Waals surface area (Å²) < 4.78 is 0. The van der Waals surface area contributed by atoms with Crippen molar-refractivity contribution in [2.75, 3.05) is 29.4 Å². The summed E-state index contributed by atoms with van der Waals surface area (Å²) in [5, 5.41) is -0.0499. The molecule has 3 rings (SSSR count). The molecule has 2 aliphatic rings. The molecule has 19 heavy (non-hydrogen) atoms. The van der Waals surface area contributed by atoms with E-state index in [-0.39, 0.29) is 11.3 Å². The minimum absolute atomic E-state index is 0.0499. The Balaban J connectivity index is 1.81. The highest BCUT2D eigenvalue weighted by atomic mass is 35.5. The molecule has 1 amide bonds. The van der Waals surface area contributed by atoms with Crippen LogP contribution < -0.4 is 9.80 Å². The van der Waals surface area contributed by atoms with Gasteiger partial charge in [-0.05, 0) is 37.5 Å². The van der Waals surface area contributed by atoms with Gasteiger partial charge in [-0.25, -0.2) is 0 Å². The molecule has 4 heteroatoms. The van der Waals surface area contributed by atoms with E-state index < -0.39 is 0 Å². The number of alkyl halides is 1. The molecule has 0 N–H and O–H groups in total. The van der Waals surface area contributed by atoms with Gasteiger partial charge in [0.1, 0.15) is 0 Å². The Morgan fingerprint density at radius 2 is 1.84 bits per heavy atom. The number of halogens is 1. The highest BCUT2D eigenvalue weighted by molar-refractivity contribution is 6.24. The minimum Gasteiger partial charge on any atom is -0.371 e. The van der Waals surface area contributed by atoms with Crippen molar-refractivity contribution in [3.05, 3.63) is 24.3 Å². The van der Waals surface area contributed by atoms with Crippen LogP contribution in [-0.2, 0) is 4.79 Å². The van der Waals surface area contributed by atoms with Crippen LogP contribution in [0.15, 0.2) is 24.3 Å². The summed E-state index contributed by atoms with van der Waals surface area (Å²) in [6.45, 7) is 2.87. The third-order valence-electron chi connectivity index (χ3n) is 3.94. The second-order valence-electron chi connectivity index (χ2n) is 5.37. The van der Waals surface area contributed by atoms with E-state index in [1.807, 2.05) is 17.0 Å². The van der Waals surface area contributed by atoms with Crippen molar-refractivity contribution >= 4 is 28.9 Å². The molecule has 0 radical (unpaired) electrons. The van der Waals surface area contributed by atoms with Gasteiger partial charge in [-0.1, -0.05) is 6.07 Å². The lowest BCUT2D eigenvalue weighted by molar-refractivity contribution is -0.117. The highest BCUT2D eigenvalue weighted by Gasteiger charge is 2.29. The van der Waals surface area contributed by atoms with Gasteiger partial charge >= 0.3 is 0 Å². The molecule has 2 aliphatic heterocycles. The minimum atomic E-state index is -0.0499. The summed E-state index contributed by atoms with van der Waals surface area (Å²) in [4.78, 5) is 16.1. The van der Waals surface area contributed by atoms with E-state index in [0.29, 0.717) is 13.0 Å². The Labute approximate surface area is 119 Å². The molecule has 0 aromatic heterocycles. The average molecular weight is 279 g/mol. The first-order valence-electron chi connectivity index (χ1n) is 7.03. The lowest BCUT2D eigenvalue weighted by atomic mass is 10.1. The topological polar surface area (TPSA) is 23.6 Å². The normalized spacial score (nSPS) is 24.1. The predicted molar refractivity (Wildman–Crippen MR) is 79.1 cm³/mol. The summed E-state index contributed by atoms with van der Waals surface area (Å²) in [5.41, 5.74) is 2.21. The van der Waals surface area contributed by atoms with E-state index in [1.54, 1.807) is 0 Å². The van der Waals surface area contributed by atoms with Gasteiger partial charge in [-0.3, -0.25) is 4.79 Å². The summed E-state index contributed by atoms with van der Waals surface area (Å²) >= 11 is 6.07. The van der Waals surface area contributed by atoms with Crippen LogP contribution in [0.4, 0.5) is 11.4 Å². The lowest BCUT2D eigenvalue weighted by Crippen LogP contribution is -2.30. The number of carbonyl (C=O) groups is 1. The summed E-state index contributed by atoms with van der Waals surface area (Å²) in [6, 6.07) is 8.29. The molecule has 0 spiro atoms. The third kappa shape index (κ3) is 2.71. The van der Waals surface area contributed by atoms with Crippen molar-refractivity contribution in [2.45, 2.75) is 31.1 Å². The highest BCUT2D eigenvalue weighted by Crippen LogP contribution is 2.29. The van der Waals surface area contributed by atoms with Gasteiger partial charge in [0.2, 0.25) is 5.91 Å². The van der Waals surface area contributed by atoms with Crippen LogP contribution in [0.1, 0.15) is 25.7 Å². The van der Waals surface area contributed by atoms with Crippen molar-refractivity contribution in [1.29, 1.82) is 0 Å². The van der Waals surface area contributed by atoms with Gasteiger partial charge in [-0.15, -0.1) is 11.6 Å². The van der Waals surface area contributed by atoms with Gasteiger partial charge in [0.15, 0.2) is 0 Å². The van der Waals surface area contributed by atoms with Crippen molar-refractivity contribution in [3.8, 4) is 0 Å². The number of rotatable bonds is 2. The standard InChI is InChI=1S/C15H19ClN2O/c16-12-9-15(19)18(11-12)14-6-4-5-13(10-14)17-7-2-1-3-8-17/h4-6,10,12H,1-3,7-9,11H2. The van der Waals surface area contributed by atoms with Crippen LogP contribution in [0, 0.1) is 0 Å². The Kier molecular flexibility index (Phi) is 3.65. The molecule has 0 saturated carbocycles. The molecule has 3 nitrogen and oxygen atoms in total. The molecule has 1 unspecified atom stereocenters. The molecular formula is C15H19ClN2O. The fourth-order valence-corrected chi connectivity index (χ4v) is 3.19. The first-order chi connectivity index (χ1) is 9.24. The molecule has 1 aromatic rings. The second kappa shape index (κ2) is 5.41. The van der Waals surface area contributed by atoms with Crippen LogP contribution in [0.5, 0.6) is 0 Å². The van der Waals surface area contributed by atoms with Gasteiger partial charge in [0.05, 0.1) is 5.38 Å². The van der Waals surface area contributed by atoms with Crippen molar-refractivity contribution in [2.24, 2.45) is 0 Å². The van der Waals surface area contributed by atoms with Crippen LogP contribution in [0.2, 0.25) is 0 Å². The van der Waals surface area contributed by atoms with Crippen molar-refractivity contribution < 1.29 is 4.79 Å². The Hall–Kier alpha value is -1.22.